The van der Waals surface area contributed by atoms with Crippen molar-refractivity contribution in [2.45, 2.75) is 49.5 Å². The van der Waals surface area contributed by atoms with Gasteiger partial charge in [-0.3, -0.25) is 4.79 Å². The average Bonchev–Trinajstić information content (AvgIpc) is 2.55. The summed E-state index contributed by atoms with van der Waals surface area (Å²) in [5.41, 5.74) is 0.740. The number of nitrogens with one attached hydrogen (secondary N) is 1. The van der Waals surface area contributed by atoms with Crippen molar-refractivity contribution < 1.29 is 9.90 Å². The number of hydrogen-bond acceptors (Lipinski definition) is 3. The number of carbonyl (C=O) groups is 1. The highest BCUT2D eigenvalue weighted by Gasteiger charge is 2.25. The van der Waals surface area contributed by atoms with Crippen LogP contribution >= 0.6 is 11.8 Å². The van der Waals surface area contributed by atoms with Gasteiger partial charge in [0.25, 0.3) is 5.91 Å². The quantitative estimate of drug-likeness (QED) is 0.791. The third-order valence-electron chi connectivity index (χ3n) is 4.33. The molecule has 0 unspecified atom stereocenters. The molecule has 1 aliphatic rings. The molecule has 0 bridgehead atoms. The van der Waals surface area contributed by atoms with Crippen molar-refractivity contribution in [2.24, 2.45) is 5.92 Å². The first-order valence-electron chi connectivity index (χ1n) is 7.81. The Morgan fingerprint density at radius 3 is 2.71 bits per heavy atom. The zero-order valence-corrected chi connectivity index (χ0v) is 13.5. The van der Waals surface area contributed by atoms with E-state index >= 15 is 0 Å². The lowest BCUT2D eigenvalue weighted by Gasteiger charge is -2.30. The van der Waals surface area contributed by atoms with Crippen molar-refractivity contribution >= 4 is 17.7 Å². The molecule has 2 rings (SSSR count). The number of rotatable bonds is 6. The molecule has 1 fully saturated rings. The second-order valence-electron chi connectivity index (χ2n) is 5.69. The number of aliphatic hydroxyl groups excluding tert-OH is 1. The zero-order valence-electron chi connectivity index (χ0n) is 12.7. The number of carbonyl (C=O) groups excluding carboxylic acids is 1. The lowest BCUT2D eigenvalue weighted by Crippen LogP contribution is -2.41. The lowest BCUT2D eigenvalue weighted by atomic mass is 9.82. The fraction of sp³-hybridized carbons (Fsp3) is 0.588. The third kappa shape index (κ3) is 4.48. The summed E-state index contributed by atoms with van der Waals surface area (Å²) < 4.78 is 0. The average molecular weight is 307 g/mol. The summed E-state index contributed by atoms with van der Waals surface area (Å²) in [4.78, 5) is 13.5. The van der Waals surface area contributed by atoms with Crippen molar-refractivity contribution in [3.8, 4) is 0 Å². The predicted molar refractivity (Wildman–Crippen MR) is 87.8 cm³/mol. The van der Waals surface area contributed by atoms with Gasteiger partial charge in [-0.2, -0.15) is 0 Å². The fourth-order valence-corrected chi connectivity index (χ4v) is 3.78. The van der Waals surface area contributed by atoms with E-state index in [4.69, 9.17) is 0 Å². The summed E-state index contributed by atoms with van der Waals surface area (Å²) in [5, 5.41) is 12.5. The van der Waals surface area contributed by atoms with Gasteiger partial charge in [0.15, 0.2) is 0 Å². The standard InChI is InChI=1S/C17H25NO2S/c1-21-16-10-6-5-9-14(16)17(20)18-15(11-12-19)13-7-3-2-4-8-13/h5-6,9-10,13,15,19H,2-4,7-8,11-12H2,1H3,(H,18,20)/t15-/m0/s1. The summed E-state index contributed by atoms with van der Waals surface area (Å²) in [6.07, 6.45) is 8.74. The number of aliphatic hydroxyl groups is 1. The van der Waals surface area contributed by atoms with Crippen LogP contribution in [-0.2, 0) is 0 Å². The summed E-state index contributed by atoms with van der Waals surface area (Å²) in [6, 6.07) is 7.79. The van der Waals surface area contributed by atoms with E-state index in [-0.39, 0.29) is 18.6 Å². The number of hydrogen-bond donors (Lipinski definition) is 2. The molecule has 1 aromatic rings. The highest BCUT2D eigenvalue weighted by Crippen LogP contribution is 2.28. The molecule has 1 aromatic carbocycles. The van der Waals surface area contributed by atoms with Gasteiger partial charge in [0, 0.05) is 17.5 Å². The molecule has 0 aromatic heterocycles. The van der Waals surface area contributed by atoms with E-state index in [1.807, 2.05) is 30.5 Å². The van der Waals surface area contributed by atoms with Crippen LogP contribution in [0.3, 0.4) is 0 Å². The molecule has 1 amide bonds. The van der Waals surface area contributed by atoms with Gasteiger partial charge < -0.3 is 10.4 Å². The molecule has 1 aliphatic carbocycles. The van der Waals surface area contributed by atoms with Crippen LogP contribution < -0.4 is 5.32 Å². The molecule has 0 radical (unpaired) electrons. The van der Waals surface area contributed by atoms with Gasteiger partial charge in [0.05, 0.1) is 5.56 Å². The summed E-state index contributed by atoms with van der Waals surface area (Å²) in [5.74, 6) is 0.500. The summed E-state index contributed by atoms with van der Waals surface area (Å²) in [6.45, 7) is 0.131. The molecule has 1 atom stereocenters. The maximum Gasteiger partial charge on any atom is 0.252 e. The minimum atomic E-state index is -0.0102. The highest BCUT2D eigenvalue weighted by molar-refractivity contribution is 7.98. The van der Waals surface area contributed by atoms with Crippen molar-refractivity contribution in [3.05, 3.63) is 29.8 Å². The molecule has 3 nitrogen and oxygen atoms in total. The topological polar surface area (TPSA) is 49.3 Å². The Bertz CT molecular complexity index is 458. The Hall–Kier alpha value is -1.00. The van der Waals surface area contributed by atoms with Crippen LogP contribution in [0, 0.1) is 5.92 Å². The Kier molecular flexibility index (Phi) is 6.58. The first kappa shape index (κ1) is 16.4. The molecule has 0 spiro atoms. The first-order valence-corrected chi connectivity index (χ1v) is 9.03. The largest absolute Gasteiger partial charge is 0.396 e. The van der Waals surface area contributed by atoms with E-state index in [0.29, 0.717) is 12.3 Å². The minimum absolute atomic E-state index is 0.0102. The lowest BCUT2D eigenvalue weighted by molar-refractivity contribution is 0.0896. The molecule has 2 N–H and O–H groups in total. The van der Waals surface area contributed by atoms with E-state index < -0.39 is 0 Å². The second-order valence-corrected chi connectivity index (χ2v) is 6.54. The van der Waals surface area contributed by atoms with Crippen LogP contribution in [0.1, 0.15) is 48.9 Å². The summed E-state index contributed by atoms with van der Waals surface area (Å²) >= 11 is 1.59. The molecule has 0 saturated heterocycles. The fourth-order valence-electron chi connectivity index (χ4n) is 3.18. The van der Waals surface area contributed by atoms with E-state index in [1.54, 1.807) is 11.8 Å². The van der Waals surface area contributed by atoms with Gasteiger partial charge in [-0.05, 0) is 43.6 Å². The molecule has 0 aliphatic heterocycles. The number of amides is 1. The van der Waals surface area contributed by atoms with Gasteiger partial charge in [-0.1, -0.05) is 31.4 Å². The van der Waals surface area contributed by atoms with Crippen molar-refractivity contribution in [2.75, 3.05) is 12.9 Å². The van der Waals surface area contributed by atoms with E-state index in [2.05, 4.69) is 5.32 Å². The van der Waals surface area contributed by atoms with E-state index in [0.717, 1.165) is 23.3 Å². The van der Waals surface area contributed by atoms with Crippen molar-refractivity contribution in [1.29, 1.82) is 0 Å². The maximum absolute atomic E-state index is 12.5. The van der Waals surface area contributed by atoms with Gasteiger partial charge in [-0.25, -0.2) is 0 Å². The molecule has 1 saturated carbocycles. The van der Waals surface area contributed by atoms with Crippen LogP contribution in [0.5, 0.6) is 0 Å². The highest BCUT2D eigenvalue weighted by atomic mass is 32.2. The van der Waals surface area contributed by atoms with Crippen LogP contribution in [0.2, 0.25) is 0 Å². The van der Waals surface area contributed by atoms with Gasteiger partial charge in [-0.15, -0.1) is 11.8 Å². The smallest absolute Gasteiger partial charge is 0.252 e. The maximum atomic E-state index is 12.5. The van der Waals surface area contributed by atoms with Crippen LogP contribution in [-0.4, -0.2) is 29.9 Å². The number of benzene rings is 1. The predicted octanol–water partition coefficient (Wildman–Crippen LogP) is 3.47. The van der Waals surface area contributed by atoms with E-state index in [9.17, 15) is 9.90 Å². The van der Waals surface area contributed by atoms with Gasteiger partial charge in [0.2, 0.25) is 0 Å². The number of thioether (sulfide) groups is 1. The normalized spacial score (nSPS) is 17.4. The van der Waals surface area contributed by atoms with Crippen LogP contribution in [0.4, 0.5) is 0 Å². The van der Waals surface area contributed by atoms with Crippen molar-refractivity contribution in [1.82, 2.24) is 5.32 Å². The zero-order chi connectivity index (χ0) is 15.1. The molecule has 116 valence electrons. The molecule has 4 heteroatoms. The molecular formula is C17H25NO2S. The summed E-state index contributed by atoms with van der Waals surface area (Å²) in [7, 11) is 0. The Balaban J connectivity index is 2.06. The van der Waals surface area contributed by atoms with Gasteiger partial charge in [0.1, 0.15) is 0 Å². The molecule has 21 heavy (non-hydrogen) atoms. The second kappa shape index (κ2) is 8.44. The monoisotopic (exact) mass is 307 g/mol. The van der Waals surface area contributed by atoms with Crippen LogP contribution in [0.25, 0.3) is 0 Å². The van der Waals surface area contributed by atoms with E-state index in [1.165, 1.54) is 19.3 Å². The Morgan fingerprint density at radius 1 is 1.33 bits per heavy atom. The van der Waals surface area contributed by atoms with Crippen molar-refractivity contribution in [3.63, 3.8) is 0 Å². The Labute approximate surface area is 131 Å². The minimum Gasteiger partial charge on any atom is -0.396 e. The van der Waals surface area contributed by atoms with Crippen LogP contribution in [0.15, 0.2) is 29.2 Å². The first-order chi connectivity index (χ1) is 10.3. The SMILES string of the molecule is CSc1ccccc1C(=O)N[C@@H](CCO)C1CCCCC1. The molecule has 0 heterocycles. The Morgan fingerprint density at radius 2 is 2.05 bits per heavy atom. The third-order valence-corrected chi connectivity index (χ3v) is 5.12. The van der Waals surface area contributed by atoms with Gasteiger partial charge >= 0.3 is 0 Å². The molecular weight excluding hydrogens is 282 g/mol.